The minimum Gasteiger partial charge on any atom is -0.488 e. The number of aromatic nitrogens is 3. The molecule has 0 saturated heterocycles. The molecule has 1 aromatic carbocycles. The largest absolute Gasteiger partial charge is 0.488 e. The van der Waals surface area contributed by atoms with Crippen LogP contribution in [-0.2, 0) is 0 Å². The van der Waals surface area contributed by atoms with E-state index in [1.807, 2.05) is 41.5 Å². The normalized spacial score (nSPS) is 13.8. The third-order valence-corrected chi connectivity index (χ3v) is 5.40. The molecule has 0 aliphatic carbocycles. The second-order valence-electron chi connectivity index (χ2n) is 9.99. The van der Waals surface area contributed by atoms with Crippen LogP contribution in [-0.4, -0.2) is 48.4 Å². The van der Waals surface area contributed by atoms with Crippen LogP contribution in [0.3, 0.4) is 0 Å². The molecule has 178 valence electrons. The van der Waals surface area contributed by atoms with Crippen LogP contribution in [0.5, 0.6) is 5.75 Å². The third-order valence-electron chi connectivity index (χ3n) is 5.40. The van der Waals surface area contributed by atoms with E-state index < -0.39 is 23.0 Å². The Morgan fingerprint density at radius 2 is 1.94 bits per heavy atom. The predicted octanol–water partition coefficient (Wildman–Crippen LogP) is 5.08. The first-order chi connectivity index (χ1) is 15.3. The molecule has 1 amide bonds. The Bertz CT molecular complexity index is 1150. The van der Waals surface area contributed by atoms with Gasteiger partial charge < -0.3 is 15.6 Å². The number of amides is 1. The lowest BCUT2D eigenvalue weighted by Gasteiger charge is -2.47. The van der Waals surface area contributed by atoms with Crippen molar-refractivity contribution in [1.29, 1.82) is 0 Å². The van der Waals surface area contributed by atoms with Crippen molar-refractivity contribution in [3.05, 3.63) is 42.3 Å². The SMILES string of the molecule is CC(C)CC(C)(COc1ccc(-c2cc(N)nc3ccnn23)cc1F)N(C(=O)O)C(C)(C)C. The molecule has 3 rings (SSSR count). The van der Waals surface area contributed by atoms with Gasteiger partial charge >= 0.3 is 6.09 Å². The van der Waals surface area contributed by atoms with E-state index in [1.165, 1.54) is 17.0 Å². The maximum absolute atomic E-state index is 15.1. The van der Waals surface area contributed by atoms with Crippen molar-refractivity contribution in [2.45, 2.75) is 59.0 Å². The average Bonchev–Trinajstić information content (AvgIpc) is 3.12. The van der Waals surface area contributed by atoms with E-state index in [1.54, 1.807) is 28.9 Å². The summed E-state index contributed by atoms with van der Waals surface area (Å²) in [5, 5.41) is 14.2. The van der Waals surface area contributed by atoms with Gasteiger partial charge in [0.25, 0.3) is 0 Å². The summed E-state index contributed by atoms with van der Waals surface area (Å²) in [6, 6.07) is 7.95. The minimum atomic E-state index is -1.04. The third kappa shape index (κ3) is 5.18. The topological polar surface area (TPSA) is 106 Å². The number of carbonyl (C=O) groups is 1. The summed E-state index contributed by atoms with van der Waals surface area (Å²) in [6.45, 7) is 11.4. The van der Waals surface area contributed by atoms with Gasteiger partial charge in [-0.05, 0) is 58.2 Å². The van der Waals surface area contributed by atoms with Gasteiger partial charge in [-0.1, -0.05) is 13.8 Å². The summed E-state index contributed by atoms with van der Waals surface area (Å²) in [5.74, 6) is 0.00205. The highest BCUT2D eigenvalue weighted by atomic mass is 19.1. The van der Waals surface area contributed by atoms with Crippen LogP contribution in [0.15, 0.2) is 36.5 Å². The smallest absolute Gasteiger partial charge is 0.408 e. The Balaban J connectivity index is 1.91. The molecule has 0 spiro atoms. The molecule has 0 aliphatic rings. The fourth-order valence-corrected chi connectivity index (χ4v) is 4.57. The molecule has 1 unspecified atom stereocenters. The number of nitrogens with zero attached hydrogens (tertiary/aromatic N) is 4. The molecule has 9 heteroatoms. The van der Waals surface area contributed by atoms with Gasteiger partial charge in [-0.25, -0.2) is 18.7 Å². The van der Waals surface area contributed by atoms with Crippen LogP contribution in [0.25, 0.3) is 16.9 Å². The average molecular weight is 458 g/mol. The van der Waals surface area contributed by atoms with Crippen LogP contribution < -0.4 is 10.5 Å². The van der Waals surface area contributed by atoms with Gasteiger partial charge in [-0.3, -0.25) is 4.90 Å². The molecule has 2 aromatic heterocycles. The summed E-state index contributed by atoms with van der Waals surface area (Å²) >= 11 is 0. The van der Waals surface area contributed by atoms with Crippen molar-refractivity contribution in [3.63, 3.8) is 0 Å². The zero-order valence-electron chi connectivity index (χ0n) is 20.0. The molecule has 8 nitrogen and oxygen atoms in total. The highest BCUT2D eigenvalue weighted by Gasteiger charge is 2.43. The number of halogens is 1. The van der Waals surface area contributed by atoms with E-state index in [-0.39, 0.29) is 18.3 Å². The minimum absolute atomic E-state index is 0.0105. The van der Waals surface area contributed by atoms with E-state index in [0.29, 0.717) is 29.1 Å². The van der Waals surface area contributed by atoms with Crippen molar-refractivity contribution >= 4 is 17.6 Å². The fraction of sp³-hybridized carbons (Fsp3) is 0.458. The zero-order chi connectivity index (χ0) is 24.6. The molecule has 0 fully saturated rings. The predicted molar refractivity (Wildman–Crippen MR) is 126 cm³/mol. The Hall–Kier alpha value is -3.36. The lowest BCUT2D eigenvalue weighted by atomic mass is 9.86. The molecule has 0 saturated carbocycles. The molecular formula is C24H32FN5O3. The molecule has 3 N–H and O–H groups in total. The maximum Gasteiger partial charge on any atom is 0.408 e. The first-order valence-electron chi connectivity index (χ1n) is 10.9. The van der Waals surface area contributed by atoms with E-state index in [2.05, 4.69) is 10.1 Å². The molecule has 0 radical (unpaired) electrons. The second kappa shape index (κ2) is 8.88. The number of nitrogens with two attached hydrogens (primary N) is 1. The van der Waals surface area contributed by atoms with Gasteiger partial charge in [0.2, 0.25) is 0 Å². The van der Waals surface area contributed by atoms with Gasteiger partial charge in [-0.2, -0.15) is 5.10 Å². The van der Waals surface area contributed by atoms with Crippen LogP contribution in [0, 0.1) is 11.7 Å². The Morgan fingerprint density at radius 1 is 1.24 bits per heavy atom. The number of fused-ring (bicyclic) bond motifs is 1. The summed E-state index contributed by atoms with van der Waals surface area (Å²) in [6.07, 6.45) is 1.12. The molecule has 33 heavy (non-hydrogen) atoms. The number of rotatable bonds is 7. The number of hydrogen-bond acceptors (Lipinski definition) is 5. The van der Waals surface area contributed by atoms with E-state index >= 15 is 4.39 Å². The monoisotopic (exact) mass is 457 g/mol. The molecule has 2 heterocycles. The highest BCUT2D eigenvalue weighted by molar-refractivity contribution is 5.68. The number of benzene rings is 1. The lowest BCUT2D eigenvalue weighted by molar-refractivity contribution is -0.0114. The first-order valence-corrected chi connectivity index (χ1v) is 10.9. The highest BCUT2D eigenvalue weighted by Crippen LogP contribution is 2.33. The van der Waals surface area contributed by atoms with Crippen molar-refractivity contribution in [1.82, 2.24) is 19.5 Å². The van der Waals surface area contributed by atoms with Crippen molar-refractivity contribution in [2.24, 2.45) is 5.92 Å². The molecular weight excluding hydrogens is 425 g/mol. The number of anilines is 1. The van der Waals surface area contributed by atoms with E-state index in [9.17, 15) is 9.90 Å². The summed E-state index contributed by atoms with van der Waals surface area (Å²) < 4.78 is 22.5. The summed E-state index contributed by atoms with van der Waals surface area (Å²) in [7, 11) is 0. The van der Waals surface area contributed by atoms with Gasteiger partial charge in [-0.15, -0.1) is 0 Å². The Morgan fingerprint density at radius 3 is 2.52 bits per heavy atom. The number of ether oxygens (including phenoxy) is 1. The van der Waals surface area contributed by atoms with Crippen LogP contribution in [0.2, 0.25) is 0 Å². The van der Waals surface area contributed by atoms with E-state index in [0.717, 1.165) is 0 Å². The number of carboxylic acid groups (broad SMARTS) is 1. The quantitative estimate of drug-likeness (QED) is 0.512. The van der Waals surface area contributed by atoms with Crippen molar-refractivity contribution in [3.8, 4) is 17.0 Å². The zero-order valence-corrected chi connectivity index (χ0v) is 20.0. The molecule has 3 aromatic rings. The van der Waals surface area contributed by atoms with Gasteiger partial charge in [0.1, 0.15) is 12.4 Å². The van der Waals surface area contributed by atoms with Gasteiger partial charge in [0.05, 0.1) is 17.4 Å². The van der Waals surface area contributed by atoms with Gasteiger partial charge in [0, 0.05) is 23.2 Å². The van der Waals surface area contributed by atoms with Crippen molar-refractivity contribution in [2.75, 3.05) is 12.3 Å². The fourth-order valence-electron chi connectivity index (χ4n) is 4.57. The summed E-state index contributed by atoms with van der Waals surface area (Å²) in [5.41, 5.74) is 6.10. The number of hydrogen-bond donors (Lipinski definition) is 2. The maximum atomic E-state index is 15.1. The molecule has 0 bridgehead atoms. The standard InChI is InChI=1S/C24H32FN5O3/c1-15(2)13-24(6,30(22(31)32)23(3,4)5)14-33-19-8-7-16(11-17(19)25)18-12-20(26)28-21-9-10-27-29(18)21/h7-12,15H,13-14H2,1-6H3,(H2,26,28)(H,31,32). The summed E-state index contributed by atoms with van der Waals surface area (Å²) in [4.78, 5) is 17.7. The Labute approximate surface area is 193 Å². The first kappa shape index (κ1) is 24.3. The lowest BCUT2D eigenvalue weighted by Crippen LogP contribution is -2.61. The van der Waals surface area contributed by atoms with Crippen LogP contribution in [0.1, 0.15) is 48.0 Å². The van der Waals surface area contributed by atoms with E-state index in [4.69, 9.17) is 10.5 Å². The number of nitrogen functional groups attached to an aromatic ring is 1. The Kier molecular flexibility index (Phi) is 6.53. The van der Waals surface area contributed by atoms with Crippen LogP contribution in [0.4, 0.5) is 15.0 Å². The molecule has 0 aliphatic heterocycles. The van der Waals surface area contributed by atoms with Crippen LogP contribution >= 0.6 is 0 Å². The molecule has 1 atom stereocenters. The van der Waals surface area contributed by atoms with Crippen molar-refractivity contribution < 1.29 is 19.0 Å². The second-order valence-corrected chi connectivity index (χ2v) is 9.99. The van der Waals surface area contributed by atoms with Gasteiger partial charge in [0.15, 0.2) is 17.2 Å².